The van der Waals surface area contributed by atoms with Crippen molar-refractivity contribution >= 4 is 5.91 Å². The molecule has 0 aliphatic carbocycles. The van der Waals surface area contributed by atoms with Crippen molar-refractivity contribution in [1.29, 1.82) is 5.26 Å². The first-order valence-corrected chi connectivity index (χ1v) is 6.41. The van der Waals surface area contributed by atoms with Crippen LogP contribution >= 0.6 is 0 Å². The largest absolute Gasteiger partial charge is 0.272 e. The van der Waals surface area contributed by atoms with Crippen molar-refractivity contribution in [3.8, 4) is 6.07 Å². The Balaban J connectivity index is 2.34. The molecule has 1 saturated heterocycles. The number of hydrogen-bond donors (Lipinski definition) is 0. The molecule has 1 fully saturated rings. The average molecular weight is 258 g/mol. The fourth-order valence-electron chi connectivity index (χ4n) is 2.17. The van der Waals surface area contributed by atoms with Crippen molar-refractivity contribution in [3.05, 3.63) is 35.4 Å². The van der Waals surface area contributed by atoms with Gasteiger partial charge in [-0.2, -0.15) is 5.26 Å². The Kier molecular flexibility index (Phi) is 3.59. The number of benzene rings is 1. The van der Waals surface area contributed by atoms with Gasteiger partial charge in [-0.25, -0.2) is 5.06 Å². The molecule has 4 nitrogen and oxygen atoms in total. The predicted octanol–water partition coefficient (Wildman–Crippen LogP) is 2.81. The lowest BCUT2D eigenvalue weighted by Gasteiger charge is -2.29. The van der Waals surface area contributed by atoms with E-state index < -0.39 is 5.41 Å². The molecule has 0 bridgehead atoms. The molecule has 0 N–H and O–H groups in total. The van der Waals surface area contributed by atoms with Gasteiger partial charge < -0.3 is 0 Å². The van der Waals surface area contributed by atoms with Crippen LogP contribution in [0.4, 0.5) is 0 Å². The number of nitrogens with zero attached hydrogens (tertiary/aromatic N) is 2. The Morgan fingerprint density at radius 2 is 2.11 bits per heavy atom. The highest BCUT2D eigenvalue weighted by Crippen LogP contribution is 2.35. The van der Waals surface area contributed by atoms with Gasteiger partial charge in [0.05, 0.1) is 24.3 Å². The molecule has 1 atom stereocenters. The van der Waals surface area contributed by atoms with E-state index in [1.54, 1.807) is 6.07 Å². The van der Waals surface area contributed by atoms with Crippen LogP contribution in [0.2, 0.25) is 0 Å². The molecule has 0 spiro atoms. The van der Waals surface area contributed by atoms with Crippen LogP contribution in [0.3, 0.4) is 0 Å². The van der Waals surface area contributed by atoms with Crippen LogP contribution in [-0.2, 0) is 9.63 Å². The summed E-state index contributed by atoms with van der Waals surface area (Å²) in [7, 11) is 0. The van der Waals surface area contributed by atoms with E-state index in [1.807, 2.05) is 39.0 Å². The summed E-state index contributed by atoms with van der Waals surface area (Å²) in [5, 5.41) is 10.6. The van der Waals surface area contributed by atoms with Crippen molar-refractivity contribution in [2.75, 3.05) is 6.61 Å². The van der Waals surface area contributed by atoms with E-state index in [2.05, 4.69) is 6.07 Å². The fraction of sp³-hybridized carbons (Fsp3) is 0.467. The van der Waals surface area contributed by atoms with Gasteiger partial charge in [-0.05, 0) is 11.6 Å². The van der Waals surface area contributed by atoms with Gasteiger partial charge in [0.15, 0.2) is 0 Å². The van der Waals surface area contributed by atoms with E-state index in [9.17, 15) is 4.79 Å². The molecule has 1 heterocycles. The molecule has 4 heteroatoms. The maximum absolute atomic E-state index is 12.4. The third kappa shape index (κ3) is 2.61. The maximum atomic E-state index is 12.4. The normalized spacial score (nSPS) is 19.3. The lowest BCUT2D eigenvalue weighted by molar-refractivity contribution is -0.186. The van der Waals surface area contributed by atoms with Crippen molar-refractivity contribution in [2.24, 2.45) is 5.41 Å². The molecular weight excluding hydrogens is 240 g/mol. The molecule has 100 valence electrons. The average Bonchev–Trinajstić information content (AvgIpc) is 2.85. The van der Waals surface area contributed by atoms with Crippen molar-refractivity contribution in [3.63, 3.8) is 0 Å². The summed E-state index contributed by atoms with van der Waals surface area (Å²) in [5.74, 6) is -0.0530. The lowest BCUT2D eigenvalue weighted by Crippen LogP contribution is -2.38. The van der Waals surface area contributed by atoms with E-state index in [4.69, 9.17) is 10.1 Å². The summed E-state index contributed by atoms with van der Waals surface area (Å²) in [6.45, 7) is 6.10. The van der Waals surface area contributed by atoms with Crippen LogP contribution in [0.25, 0.3) is 0 Å². The second-order valence-electron chi connectivity index (χ2n) is 5.72. The lowest BCUT2D eigenvalue weighted by atomic mass is 9.93. The fourth-order valence-corrected chi connectivity index (χ4v) is 2.17. The van der Waals surface area contributed by atoms with Gasteiger partial charge in [0.25, 0.3) is 5.91 Å². The second kappa shape index (κ2) is 5.02. The smallest absolute Gasteiger partial charge is 0.252 e. The third-order valence-electron chi connectivity index (χ3n) is 3.19. The first-order chi connectivity index (χ1) is 8.95. The molecule has 0 radical (unpaired) electrons. The molecule has 1 aliphatic heterocycles. The van der Waals surface area contributed by atoms with Crippen LogP contribution in [0.5, 0.6) is 0 Å². The molecule has 1 aromatic rings. The van der Waals surface area contributed by atoms with E-state index in [0.29, 0.717) is 12.2 Å². The van der Waals surface area contributed by atoms with Gasteiger partial charge in [-0.15, -0.1) is 0 Å². The monoisotopic (exact) mass is 258 g/mol. The molecule has 1 aliphatic rings. The van der Waals surface area contributed by atoms with Crippen LogP contribution in [0, 0.1) is 16.7 Å². The topological polar surface area (TPSA) is 53.3 Å². The van der Waals surface area contributed by atoms with Gasteiger partial charge in [0.2, 0.25) is 0 Å². The number of nitriles is 1. The Morgan fingerprint density at radius 3 is 2.74 bits per heavy atom. The predicted molar refractivity (Wildman–Crippen MR) is 70.8 cm³/mol. The molecule has 0 aromatic heterocycles. The zero-order valence-electron chi connectivity index (χ0n) is 11.5. The van der Waals surface area contributed by atoms with Gasteiger partial charge in [0.1, 0.15) is 0 Å². The Morgan fingerprint density at radius 1 is 1.42 bits per heavy atom. The second-order valence-corrected chi connectivity index (χ2v) is 5.72. The highest BCUT2D eigenvalue weighted by Gasteiger charge is 2.38. The molecule has 19 heavy (non-hydrogen) atoms. The van der Waals surface area contributed by atoms with Crippen molar-refractivity contribution < 1.29 is 9.63 Å². The van der Waals surface area contributed by atoms with Crippen LogP contribution in [0.1, 0.15) is 44.4 Å². The Hall–Kier alpha value is -1.86. The minimum Gasteiger partial charge on any atom is -0.272 e. The number of amides is 1. The standard InChI is InChI=1S/C15H18N2O2/c1-15(2,3)14(18)17-13(8-9-19-17)12-7-5-4-6-11(12)10-16/h4-7,13H,8-9H2,1-3H3/t13-/m0/s1. The maximum Gasteiger partial charge on any atom is 0.252 e. The summed E-state index contributed by atoms with van der Waals surface area (Å²) >= 11 is 0. The number of hydroxylamine groups is 2. The van der Waals surface area contributed by atoms with Gasteiger partial charge in [0, 0.05) is 11.8 Å². The zero-order chi connectivity index (χ0) is 14.0. The van der Waals surface area contributed by atoms with E-state index in [0.717, 1.165) is 12.0 Å². The molecule has 1 amide bonds. The van der Waals surface area contributed by atoms with Gasteiger partial charge in [-0.3, -0.25) is 9.63 Å². The minimum absolute atomic E-state index is 0.0530. The summed E-state index contributed by atoms with van der Waals surface area (Å²) in [6, 6.07) is 9.38. The van der Waals surface area contributed by atoms with Crippen LogP contribution in [-0.4, -0.2) is 17.6 Å². The Bertz CT molecular complexity index is 526. The van der Waals surface area contributed by atoms with E-state index in [1.165, 1.54) is 5.06 Å². The van der Waals surface area contributed by atoms with Crippen LogP contribution < -0.4 is 0 Å². The number of carbonyl (C=O) groups is 1. The van der Waals surface area contributed by atoms with E-state index >= 15 is 0 Å². The summed E-state index contributed by atoms with van der Waals surface area (Å²) in [4.78, 5) is 17.9. The van der Waals surface area contributed by atoms with Crippen LogP contribution in [0.15, 0.2) is 24.3 Å². The highest BCUT2D eigenvalue weighted by molar-refractivity contribution is 5.81. The highest BCUT2D eigenvalue weighted by atomic mass is 16.7. The van der Waals surface area contributed by atoms with Crippen molar-refractivity contribution in [2.45, 2.75) is 33.2 Å². The molecular formula is C15H18N2O2. The first kappa shape index (κ1) is 13.6. The number of hydrogen-bond acceptors (Lipinski definition) is 3. The van der Waals surface area contributed by atoms with Gasteiger partial charge >= 0.3 is 0 Å². The van der Waals surface area contributed by atoms with Gasteiger partial charge in [-0.1, -0.05) is 39.0 Å². The number of rotatable bonds is 1. The SMILES string of the molecule is CC(C)(C)C(=O)N1OCC[C@H]1c1ccccc1C#N. The number of carbonyl (C=O) groups excluding carboxylic acids is 1. The molecule has 0 saturated carbocycles. The summed E-state index contributed by atoms with van der Waals surface area (Å²) < 4.78 is 0. The quantitative estimate of drug-likeness (QED) is 0.778. The van der Waals surface area contributed by atoms with E-state index in [-0.39, 0.29) is 11.9 Å². The van der Waals surface area contributed by atoms with Crippen molar-refractivity contribution in [1.82, 2.24) is 5.06 Å². The summed E-state index contributed by atoms with van der Waals surface area (Å²) in [5.41, 5.74) is 0.967. The molecule has 0 unspecified atom stereocenters. The molecule has 1 aromatic carbocycles. The first-order valence-electron chi connectivity index (χ1n) is 6.41. The summed E-state index contributed by atoms with van der Waals surface area (Å²) in [6.07, 6.45) is 0.723. The minimum atomic E-state index is -0.496. The Labute approximate surface area is 113 Å². The third-order valence-corrected chi connectivity index (χ3v) is 3.19. The zero-order valence-corrected chi connectivity index (χ0v) is 11.5. The molecule has 2 rings (SSSR count).